The molecular weight excluding hydrogens is 362 g/mol. The highest BCUT2D eigenvalue weighted by Crippen LogP contribution is 2.28. The van der Waals surface area contributed by atoms with E-state index in [9.17, 15) is 22.4 Å². The number of carbonyl (C=O) groups excluding carboxylic acids is 1. The molecular formula is C16H14ClF4N3O. The van der Waals surface area contributed by atoms with Crippen LogP contribution in [-0.4, -0.2) is 24.0 Å². The highest BCUT2D eigenvalue weighted by molar-refractivity contribution is 6.31. The van der Waals surface area contributed by atoms with Crippen LogP contribution < -0.4 is 10.6 Å². The Balaban J connectivity index is 1.74. The number of alkyl halides is 3. The molecule has 1 heterocycles. The number of aromatic nitrogens is 1. The van der Waals surface area contributed by atoms with Crippen LogP contribution in [0.3, 0.4) is 0 Å². The first-order chi connectivity index (χ1) is 11.8. The molecule has 2 N–H and O–H groups in total. The van der Waals surface area contributed by atoms with Gasteiger partial charge in [-0.1, -0.05) is 11.6 Å². The van der Waals surface area contributed by atoms with Gasteiger partial charge in [0.05, 0.1) is 11.1 Å². The van der Waals surface area contributed by atoms with Gasteiger partial charge in [-0.3, -0.25) is 4.79 Å². The SMILES string of the molecule is O=C(NCCCNc1ccc(C(F)(F)F)cn1)c1cc(Cl)ccc1F. The molecule has 0 fully saturated rings. The number of anilines is 1. The second-order valence-corrected chi connectivity index (χ2v) is 5.53. The van der Waals surface area contributed by atoms with Crippen LogP contribution in [0.4, 0.5) is 23.4 Å². The molecule has 0 bridgehead atoms. The molecule has 2 rings (SSSR count). The molecule has 0 saturated heterocycles. The summed E-state index contributed by atoms with van der Waals surface area (Å²) < 4.78 is 50.7. The second-order valence-electron chi connectivity index (χ2n) is 5.09. The first kappa shape index (κ1) is 19.0. The molecule has 0 aliphatic heterocycles. The third kappa shape index (κ3) is 5.60. The van der Waals surface area contributed by atoms with E-state index in [-0.39, 0.29) is 17.1 Å². The van der Waals surface area contributed by atoms with Crippen molar-refractivity contribution in [3.63, 3.8) is 0 Å². The van der Waals surface area contributed by atoms with Crippen molar-refractivity contribution in [2.45, 2.75) is 12.6 Å². The molecule has 0 atom stereocenters. The van der Waals surface area contributed by atoms with E-state index in [2.05, 4.69) is 15.6 Å². The molecule has 1 amide bonds. The number of benzene rings is 1. The van der Waals surface area contributed by atoms with Crippen LogP contribution in [0.5, 0.6) is 0 Å². The van der Waals surface area contributed by atoms with Gasteiger partial charge in [0.1, 0.15) is 11.6 Å². The normalized spacial score (nSPS) is 11.2. The van der Waals surface area contributed by atoms with Crippen LogP contribution in [0, 0.1) is 5.82 Å². The Kier molecular flexibility index (Phi) is 6.19. The van der Waals surface area contributed by atoms with Gasteiger partial charge in [0.2, 0.25) is 0 Å². The highest BCUT2D eigenvalue weighted by Gasteiger charge is 2.30. The van der Waals surface area contributed by atoms with Gasteiger partial charge in [-0.2, -0.15) is 13.2 Å². The van der Waals surface area contributed by atoms with Crippen molar-refractivity contribution in [3.05, 3.63) is 58.5 Å². The summed E-state index contributed by atoms with van der Waals surface area (Å²) in [7, 11) is 0. The Morgan fingerprint density at radius 1 is 1.16 bits per heavy atom. The van der Waals surface area contributed by atoms with Gasteiger partial charge in [0, 0.05) is 24.3 Å². The fourth-order valence-electron chi connectivity index (χ4n) is 1.94. The maximum absolute atomic E-state index is 13.5. The second kappa shape index (κ2) is 8.15. The predicted molar refractivity (Wildman–Crippen MR) is 86.1 cm³/mol. The molecule has 0 unspecified atom stereocenters. The molecule has 9 heteroatoms. The Bertz CT molecular complexity index is 735. The van der Waals surface area contributed by atoms with E-state index in [1.54, 1.807) is 0 Å². The number of rotatable bonds is 6. The Morgan fingerprint density at radius 3 is 2.56 bits per heavy atom. The smallest absolute Gasteiger partial charge is 0.370 e. The fraction of sp³-hybridized carbons (Fsp3) is 0.250. The molecule has 134 valence electrons. The number of amides is 1. The number of pyridine rings is 1. The summed E-state index contributed by atoms with van der Waals surface area (Å²) in [6.07, 6.45) is -3.21. The number of hydrogen-bond donors (Lipinski definition) is 2. The van der Waals surface area contributed by atoms with Crippen molar-refractivity contribution in [2.75, 3.05) is 18.4 Å². The number of hydrogen-bond acceptors (Lipinski definition) is 3. The molecule has 2 aromatic rings. The van der Waals surface area contributed by atoms with Crippen molar-refractivity contribution >= 4 is 23.3 Å². The lowest BCUT2D eigenvalue weighted by Crippen LogP contribution is -2.26. The molecule has 0 saturated carbocycles. The summed E-state index contributed by atoms with van der Waals surface area (Å²) in [6, 6.07) is 5.84. The fourth-order valence-corrected chi connectivity index (χ4v) is 2.11. The minimum Gasteiger partial charge on any atom is -0.370 e. The number of halogens is 5. The zero-order valence-electron chi connectivity index (χ0n) is 12.8. The van der Waals surface area contributed by atoms with E-state index in [1.165, 1.54) is 18.2 Å². The lowest BCUT2D eigenvalue weighted by atomic mass is 10.2. The van der Waals surface area contributed by atoms with Gasteiger partial charge < -0.3 is 10.6 Å². The molecule has 0 aliphatic carbocycles. The average molecular weight is 376 g/mol. The van der Waals surface area contributed by atoms with Crippen molar-refractivity contribution in [1.29, 1.82) is 0 Å². The summed E-state index contributed by atoms with van der Waals surface area (Å²) in [4.78, 5) is 15.5. The Morgan fingerprint density at radius 2 is 1.92 bits per heavy atom. The quantitative estimate of drug-likeness (QED) is 0.589. The minimum absolute atomic E-state index is 0.148. The zero-order chi connectivity index (χ0) is 18.4. The highest BCUT2D eigenvalue weighted by atomic mass is 35.5. The molecule has 25 heavy (non-hydrogen) atoms. The van der Waals surface area contributed by atoms with Crippen molar-refractivity contribution in [3.8, 4) is 0 Å². The number of nitrogens with one attached hydrogen (secondary N) is 2. The van der Waals surface area contributed by atoms with Crippen LogP contribution in [0.2, 0.25) is 5.02 Å². The van der Waals surface area contributed by atoms with Gasteiger partial charge in [0.15, 0.2) is 0 Å². The first-order valence-electron chi connectivity index (χ1n) is 7.28. The Hall–Kier alpha value is -2.35. The van der Waals surface area contributed by atoms with E-state index < -0.39 is 23.5 Å². The van der Waals surface area contributed by atoms with E-state index in [1.807, 2.05) is 0 Å². The van der Waals surface area contributed by atoms with Gasteiger partial charge in [-0.15, -0.1) is 0 Å². The van der Waals surface area contributed by atoms with Gasteiger partial charge in [0.25, 0.3) is 5.91 Å². The lowest BCUT2D eigenvalue weighted by Gasteiger charge is -2.09. The Labute approximate surface area is 146 Å². The number of nitrogens with zero attached hydrogens (tertiary/aromatic N) is 1. The van der Waals surface area contributed by atoms with Crippen LogP contribution in [0.25, 0.3) is 0 Å². The molecule has 0 aliphatic rings. The van der Waals surface area contributed by atoms with Crippen LogP contribution in [0.1, 0.15) is 22.3 Å². The largest absolute Gasteiger partial charge is 0.417 e. The summed E-state index contributed by atoms with van der Waals surface area (Å²) in [5.41, 5.74) is -0.973. The minimum atomic E-state index is -4.43. The standard InChI is InChI=1S/C16H14ClF4N3O/c17-11-3-4-13(18)12(8-11)15(25)23-7-1-6-22-14-5-2-10(9-24-14)16(19,20)21/h2-5,8-9H,1,6-7H2,(H,22,24)(H,23,25). The topological polar surface area (TPSA) is 54.0 Å². The predicted octanol–water partition coefficient (Wildman–Crippen LogP) is 4.12. The summed E-state index contributed by atoms with van der Waals surface area (Å²) >= 11 is 5.72. The molecule has 1 aromatic carbocycles. The van der Waals surface area contributed by atoms with Crippen molar-refractivity contribution in [1.82, 2.24) is 10.3 Å². The monoisotopic (exact) mass is 375 g/mol. The van der Waals surface area contributed by atoms with E-state index >= 15 is 0 Å². The third-order valence-electron chi connectivity index (χ3n) is 3.21. The zero-order valence-corrected chi connectivity index (χ0v) is 13.6. The summed E-state index contributed by atoms with van der Waals surface area (Å²) in [5.74, 6) is -0.971. The lowest BCUT2D eigenvalue weighted by molar-refractivity contribution is -0.137. The number of carbonyl (C=O) groups is 1. The van der Waals surface area contributed by atoms with Crippen molar-refractivity contribution < 1.29 is 22.4 Å². The molecule has 0 spiro atoms. The average Bonchev–Trinajstić information content (AvgIpc) is 2.56. The summed E-state index contributed by atoms with van der Waals surface area (Å²) in [6.45, 7) is 0.620. The molecule has 0 radical (unpaired) electrons. The van der Waals surface area contributed by atoms with Gasteiger partial charge in [-0.05, 0) is 36.8 Å². The van der Waals surface area contributed by atoms with Gasteiger partial charge >= 0.3 is 6.18 Å². The maximum Gasteiger partial charge on any atom is 0.417 e. The van der Waals surface area contributed by atoms with Crippen LogP contribution >= 0.6 is 11.6 Å². The van der Waals surface area contributed by atoms with E-state index in [0.29, 0.717) is 18.8 Å². The van der Waals surface area contributed by atoms with E-state index in [4.69, 9.17) is 11.6 Å². The first-order valence-corrected chi connectivity index (χ1v) is 7.65. The van der Waals surface area contributed by atoms with Crippen LogP contribution in [0.15, 0.2) is 36.5 Å². The van der Waals surface area contributed by atoms with Crippen molar-refractivity contribution in [2.24, 2.45) is 0 Å². The van der Waals surface area contributed by atoms with Crippen LogP contribution in [-0.2, 0) is 6.18 Å². The molecule has 4 nitrogen and oxygen atoms in total. The van der Waals surface area contributed by atoms with Gasteiger partial charge in [-0.25, -0.2) is 9.37 Å². The molecule has 1 aromatic heterocycles. The summed E-state index contributed by atoms with van der Waals surface area (Å²) in [5, 5.41) is 5.62. The third-order valence-corrected chi connectivity index (χ3v) is 3.44. The maximum atomic E-state index is 13.5. The van der Waals surface area contributed by atoms with E-state index in [0.717, 1.165) is 18.3 Å².